The van der Waals surface area contributed by atoms with Crippen LogP contribution in [0.5, 0.6) is 0 Å². The minimum atomic E-state index is 0. The molecule has 22 heavy (non-hydrogen) atoms. The quantitative estimate of drug-likeness (QED) is 0.302. The van der Waals surface area contributed by atoms with Crippen molar-refractivity contribution >= 4 is 41.3 Å². The third-order valence-electron chi connectivity index (χ3n) is 2.63. The fourth-order valence-electron chi connectivity index (χ4n) is 1.67. The van der Waals surface area contributed by atoms with Crippen LogP contribution in [0.25, 0.3) is 10.8 Å². The molecule has 0 aromatic carbocycles. The van der Waals surface area contributed by atoms with E-state index in [0.29, 0.717) is 25.6 Å². The number of thiophene rings is 1. The van der Waals surface area contributed by atoms with Crippen molar-refractivity contribution < 1.29 is 9.15 Å². The first-order valence-electron chi connectivity index (χ1n) is 6.83. The lowest BCUT2D eigenvalue weighted by molar-refractivity contribution is 0.203. The summed E-state index contributed by atoms with van der Waals surface area (Å²) in [6, 6.07) is 3.96. The molecule has 122 valence electrons. The van der Waals surface area contributed by atoms with Crippen LogP contribution in [-0.2, 0) is 11.3 Å². The van der Waals surface area contributed by atoms with Gasteiger partial charge in [0.2, 0.25) is 5.89 Å². The first kappa shape index (κ1) is 18.9. The van der Waals surface area contributed by atoms with Crippen LogP contribution < -0.4 is 10.6 Å². The van der Waals surface area contributed by atoms with E-state index in [1.165, 1.54) is 0 Å². The monoisotopic (exact) mass is 436 g/mol. The largest absolute Gasteiger partial charge is 0.443 e. The molecule has 8 heteroatoms. The number of nitrogens with one attached hydrogen (secondary N) is 2. The fraction of sp³-hybridized carbons (Fsp3) is 0.429. The van der Waals surface area contributed by atoms with Gasteiger partial charge in [0.1, 0.15) is 12.0 Å². The van der Waals surface area contributed by atoms with Gasteiger partial charge >= 0.3 is 0 Å². The smallest absolute Gasteiger partial charge is 0.236 e. The molecule has 0 saturated heterocycles. The standard InChI is InChI=1S/C14H20N4O2S.HI/c1-3-15-14(16-6-7-19-2)17-9-11-10-20-13(18-11)12-5-4-8-21-12;/h4-5,8,10H,3,6-7,9H2,1-2H3,(H2,15,16,17);1H. The van der Waals surface area contributed by atoms with Crippen LogP contribution in [-0.4, -0.2) is 37.7 Å². The molecule has 0 fully saturated rings. The number of hydrogen-bond donors (Lipinski definition) is 2. The van der Waals surface area contributed by atoms with Gasteiger partial charge in [0.05, 0.1) is 18.0 Å². The average Bonchev–Trinajstić information content (AvgIpc) is 3.15. The summed E-state index contributed by atoms with van der Waals surface area (Å²) in [5, 5.41) is 8.36. The first-order valence-corrected chi connectivity index (χ1v) is 7.71. The third-order valence-corrected chi connectivity index (χ3v) is 3.48. The summed E-state index contributed by atoms with van der Waals surface area (Å²) in [4.78, 5) is 9.93. The van der Waals surface area contributed by atoms with Crippen LogP contribution in [0.1, 0.15) is 12.6 Å². The zero-order valence-electron chi connectivity index (χ0n) is 12.7. The van der Waals surface area contributed by atoms with Gasteiger partial charge in [-0.25, -0.2) is 9.98 Å². The van der Waals surface area contributed by atoms with Gasteiger partial charge in [-0.2, -0.15) is 0 Å². The number of aromatic nitrogens is 1. The van der Waals surface area contributed by atoms with Crippen LogP contribution in [0.15, 0.2) is 33.2 Å². The topological polar surface area (TPSA) is 71.7 Å². The molecule has 0 spiro atoms. The summed E-state index contributed by atoms with van der Waals surface area (Å²) in [7, 11) is 1.67. The van der Waals surface area contributed by atoms with Crippen molar-refractivity contribution in [1.29, 1.82) is 0 Å². The normalized spacial score (nSPS) is 11.1. The number of aliphatic imine (C=N–C) groups is 1. The Kier molecular flexibility index (Phi) is 9.09. The maximum atomic E-state index is 5.47. The SMILES string of the molecule is CCNC(=NCc1coc(-c2cccs2)n1)NCCOC.I. The highest BCUT2D eigenvalue weighted by atomic mass is 127. The van der Waals surface area contributed by atoms with Gasteiger partial charge in [0.15, 0.2) is 5.96 Å². The van der Waals surface area contributed by atoms with E-state index in [-0.39, 0.29) is 24.0 Å². The minimum absolute atomic E-state index is 0. The number of guanidine groups is 1. The van der Waals surface area contributed by atoms with E-state index in [1.807, 2.05) is 24.4 Å². The predicted octanol–water partition coefficient (Wildman–Crippen LogP) is 2.72. The maximum Gasteiger partial charge on any atom is 0.236 e. The van der Waals surface area contributed by atoms with E-state index in [1.54, 1.807) is 24.7 Å². The van der Waals surface area contributed by atoms with Gasteiger partial charge in [-0.05, 0) is 18.4 Å². The minimum Gasteiger partial charge on any atom is -0.443 e. The Balaban J connectivity index is 0.00000242. The predicted molar refractivity (Wildman–Crippen MR) is 99.9 cm³/mol. The molecular formula is C14H21IN4O2S. The molecule has 0 atom stereocenters. The van der Waals surface area contributed by atoms with Crippen molar-refractivity contribution in [1.82, 2.24) is 15.6 Å². The van der Waals surface area contributed by atoms with E-state index in [4.69, 9.17) is 9.15 Å². The highest BCUT2D eigenvalue weighted by Crippen LogP contribution is 2.23. The zero-order valence-corrected chi connectivity index (χ0v) is 15.8. The lowest BCUT2D eigenvalue weighted by atomic mass is 10.4. The summed E-state index contributed by atoms with van der Waals surface area (Å²) in [6.45, 7) is 4.65. The molecule has 0 saturated carbocycles. The maximum absolute atomic E-state index is 5.47. The van der Waals surface area contributed by atoms with E-state index in [9.17, 15) is 0 Å². The molecule has 0 radical (unpaired) electrons. The molecule has 2 heterocycles. The summed E-state index contributed by atoms with van der Waals surface area (Å²) < 4.78 is 10.5. The number of ether oxygens (including phenoxy) is 1. The third kappa shape index (κ3) is 5.93. The molecule has 0 amide bonds. The second-order valence-electron chi connectivity index (χ2n) is 4.24. The van der Waals surface area contributed by atoms with E-state index >= 15 is 0 Å². The fourth-order valence-corrected chi connectivity index (χ4v) is 2.32. The Bertz CT molecular complexity index is 557. The molecule has 2 aromatic rings. The lowest BCUT2D eigenvalue weighted by Crippen LogP contribution is -2.38. The van der Waals surface area contributed by atoms with E-state index in [2.05, 4.69) is 20.6 Å². The summed E-state index contributed by atoms with van der Waals surface area (Å²) in [5.41, 5.74) is 0.808. The number of methoxy groups -OCH3 is 1. The van der Waals surface area contributed by atoms with Crippen molar-refractivity contribution in [2.24, 2.45) is 4.99 Å². The Morgan fingerprint density at radius 2 is 2.32 bits per heavy atom. The highest BCUT2D eigenvalue weighted by Gasteiger charge is 2.07. The van der Waals surface area contributed by atoms with Gasteiger partial charge in [-0.3, -0.25) is 0 Å². The lowest BCUT2D eigenvalue weighted by Gasteiger charge is -2.10. The number of oxazole rings is 1. The number of halogens is 1. The van der Waals surface area contributed by atoms with Crippen LogP contribution >= 0.6 is 35.3 Å². The second-order valence-corrected chi connectivity index (χ2v) is 5.18. The molecule has 2 rings (SSSR count). The Morgan fingerprint density at radius 1 is 1.45 bits per heavy atom. The van der Waals surface area contributed by atoms with Crippen LogP contribution in [0.3, 0.4) is 0 Å². The van der Waals surface area contributed by atoms with E-state index < -0.39 is 0 Å². The number of rotatable bonds is 7. The van der Waals surface area contributed by atoms with Gasteiger partial charge in [-0.15, -0.1) is 35.3 Å². The van der Waals surface area contributed by atoms with Crippen LogP contribution in [0.4, 0.5) is 0 Å². The number of hydrogen-bond acceptors (Lipinski definition) is 5. The molecule has 2 aromatic heterocycles. The van der Waals surface area contributed by atoms with Crippen molar-refractivity contribution in [3.05, 3.63) is 29.5 Å². The van der Waals surface area contributed by atoms with Gasteiger partial charge in [0.25, 0.3) is 0 Å². The van der Waals surface area contributed by atoms with Crippen molar-refractivity contribution in [3.63, 3.8) is 0 Å². The molecule has 2 N–H and O–H groups in total. The molecule has 0 aliphatic heterocycles. The van der Waals surface area contributed by atoms with Gasteiger partial charge in [0, 0.05) is 20.2 Å². The Hall–Kier alpha value is -1.13. The summed E-state index contributed by atoms with van der Waals surface area (Å²) in [6.07, 6.45) is 1.65. The molecule has 6 nitrogen and oxygen atoms in total. The van der Waals surface area contributed by atoms with Gasteiger partial charge in [-0.1, -0.05) is 6.07 Å². The summed E-state index contributed by atoms with van der Waals surface area (Å²) >= 11 is 1.60. The van der Waals surface area contributed by atoms with Crippen molar-refractivity contribution in [2.45, 2.75) is 13.5 Å². The van der Waals surface area contributed by atoms with Crippen LogP contribution in [0.2, 0.25) is 0 Å². The van der Waals surface area contributed by atoms with Crippen molar-refractivity contribution in [3.8, 4) is 10.8 Å². The molecule has 0 aliphatic rings. The Morgan fingerprint density at radius 3 is 3.00 bits per heavy atom. The van der Waals surface area contributed by atoms with Gasteiger partial charge < -0.3 is 19.8 Å². The van der Waals surface area contributed by atoms with Crippen molar-refractivity contribution in [2.75, 3.05) is 26.8 Å². The number of nitrogens with zero attached hydrogens (tertiary/aromatic N) is 2. The molecular weight excluding hydrogens is 415 g/mol. The summed E-state index contributed by atoms with van der Waals surface area (Å²) in [5.74, 6) is 1.39. The van der Waals surface area contributed by atoms with E-state index in [0.717, 1.165) is 23.1 Å². The molecule has 0 aliphatic carbocycles. The Labute approximate surface area is 151 Å². The average molecular weight is 436 g/mol. The van der Waals surface area contributed by atoms with Crippen LogP contribution in [0, 0.1) is 0 Å². The molecule has 0 unspecified atom stereocenters. The molecule has 0 bridgehead atoms. The zero-order chi connectivity index (χ0) is 14.9. The second kappa shape index (κ2) is 10.6. The highest BCUT2D eigenvalue weighted by molar-refractivity contribution is 14.0. The first-order chi connectivity index (χ1) is 10.3.